The van der Waals surface area contributed by atoms with Crippen molar-refractivity contribution in [3.05, 3.63) is 69.9 Å². The molecule has 2 aromatic carbocycles. The Morgan fingerprint density at radius 2 is 1.87 bits per heavy atom. The number of benzene rings is 2. The molecule has 31 heavy (non-hydrogen) atoms. The quantitative estimate of drug-likeness (QED) is 0.293. The number of rotatable bonds is 6. The molecule has 0 unspecified atom stereocenters. The van der Waals surface area contributed by atoms with Crippen LogP contribution in [-0.4, -0.2) is 27.8 Å². The number of aryl methyl sites for hydroxylation is 1. The van der Waals surface area contributed by atoms with Gasteiger partial charge in [-0.3, -0.25) is 10.1 Å². The van der Waals surface area contributed by atoms with Crippen molar-refractivity contribution in [3.63, 3.8) is 0 Å². The fourth-order valence-corrected chi connectivity index (χ4v) is 3.87. The Morgan fingerprint density at radius 1 is 1.16 bits per heavy atom. The second-order valence-electron chi connectivity index (χ2n) is 7.75. The number of nitro benzene ring substituents is 1. The fraction of sp³-hybridized carbons (Fsp3) is 0.273. The molecular weight excluding hydrogens is 418 g/mol. The van der Waals surface area contributed by atoms with Crippen LogP contribution in [-0.2, 0) is 5.54 Å². The van der Waals surface area contributed by atoms with Crippen LogP contribution in [0.3, 0.4) is 0 Å². The lowest BCUT2D eigenvalue weighted by atomic mass is 10.1. The normalized spacial score (nSPS) is 11.3. The average molecular weight is 442 g/mol. The second kappa shape index (κ2) is 8.81. The number of para-hydroxylation sites is 1. The summed E-state index contributed by atoms with van der Waals surface area (Å²) >= 11 is 1.15. The molecule has 0 aliphatic heterocycles. The van der Waals surface area contributed by atoms with Gasteiger partial charge in [-0.2, -0.15) is 5.10 Å². The lowest BCUT2D eigenvalue weighted by Crippen LogP contribution is -2.25. The third kappa shape index (κ3) is 4.88. The first-order valence-electron chi connectivity index (χ1n) is 9.49. The van der Waals surface area contributed by atoms with Gasteiger partial charge in [0, 0.05) is 6.07 Å². The van der Waals surface area contributed by atoms with Crippen LogP contribution in [0.15, 0.2) is 58.3 Å². The summed E-state index contributed by atoms with van der Waals surface area (Å²) in [6.07, 6.45) is 0. The first-order chi connectivity index (χ1) is 14.6. The molecule has 0 fully saturated rings. The van der Waals surface area contributed by atoms with E-state index < -0.39 is 16.4 Å². The summed E-state index contributed by atoms with van der Waals surface area (Å²) in [5.41, 5.74) is 0.406. The Labute approximate surface area is 184 Å². The topological polar surface area (TPSA) is 96.5 Å². The van der Waals surface area contributed by atoms with Gasteiger partial charge in [-0.25, -0.2) is 9.48 Å². The lowest BCUT2D eigenvalue weighted by Gasteiger charge is -2.22. The van der Waals surface area contributed by atoms with Gasteiger partial charge in [-0.15, -0.1) is 0 Å². The molecule has 3 aromatic rings. The number of hydrogen-bond acceptors (Lipinski definition) is 7. The Bertz CT molecular complexity index is 1130. The monoisotopic (exact) mass is 441 g/mol. The molecule has 0 atom stereocenters. The van der Waals surface area contributed by atoms with Crippen LogP contribution in [0.4, 0.5) is 5.69 Å². The van der Waals surface area contributed by atoms with Crippen molar-refractivity contribution in [3.8, 4) is 11.6 Å². The van der Waals surface area contributed by atoms with Crippen molar-refractivity contribution in [1.29, 1.82) is 0 Å². The van der Waals surface area contributed by atoms with E-state index in [2.05, 4.69) is 5.10 Å². The predicted molar refractivity (Wildman–Crippen MR) is 117 cm³/mol. The van der Waals surface area contributed by atoms with E-state index in [-0.39, 0.29) is 11.6 Å². The third-order valence-corrected chi connectivity index (χ3v) is 5.61. The smallest absolute Gasteiger partial charge is 0.345 e. The first kappa shape index (κ1) is 22.4. The minimum absolute atomic E-state index is 0.0273. The molecule has 0 aliphatic rings. The molecule has 0 spiro atoms. The largest absolute Gasteiger partial charge is 0.497 e. The Balaban J connectivity index is 2.06. The number of methoxy groups -OCH3 is 1. The van der Waals surface area contributed by atoms with Gasteiger partial charge < -0.3 is 9.47 Å². The van der Waals surface area contributed by atoms with E-state index in [0.29, 0.717) is 26.8 Å². The van der Waals surface area contributed by atoms with Crippen LogP contribution in [0.2, 0.25) is 0 Å². The van der Waals surface area contributed by atoms with Crippen molar-refractivity contribution < 1.29 is 19.2 Å². The number of carbonyl (C=O) groups is 1. The standard InChI is InChI=1S/C22H23N3O5S/c1-14-19(31-18-12-7-6-11-17(18)25(27)28)20(24(23-14)22(2,3)4)30-21(26)15-9-8-10-16(13-15)29-5/h6-13H,1-5H3. The molecule has 3 rings (SSSR count). The van der Waals surface area contributed by atoms with E-state index in [9.17, 15) is 14.9 Å². The number of nitrogens with zero attached hydrogens (tertiary/aromatic N) is 3. The summed E-state index contributed by atoms with van der Waals surface area (Å²) in [7, 11) is 1.52. The van der Waals surface area contributed by atoms with E-state index in [1.165, 1.54) is 13.2 Å². The molecular formula is C22H23N3O5S. The predicted octanol–water partition coefficient (Wildman–Crippen LogP) is 5.23. The van der Waals surface area contributed by atoms with Crippen LogP contribution in [0, 0.1) is 17.0 Å². The van der Waals surface area contributed by atoms with Crippen molar-refractivity contribution in [2.75, 3.05) is 7.11 Å². The van der Waals surface area contributed by atoms with Crippen LogP contribution < -0.4 is 9.47 Å². The summed E-state index contributed by atoms with van der Waals surface area (Å²) < 4.78 is 12.6. The first-order valence-corrected chi connectivity index (χ1v) is 10.3. The van der Waals surface area contributed by atoms with Gasteiger partial charge in [0.25, 0.3) is 5.69 Å². The maximum absolute atomic E-state index is 12.9. The number of hydrogen-bond donors (Lipinski definition) is 0. The number of ether oxygens (including phenoxy) is 2. The van der Waals surface area contributed by atoms with Gasteiger partial charge in [0.05, 0.1) is 38.6 Å². The zero-order chi connectivity index (χ0) is 22.8. The maximum Gasteiger partial charge on any atom is 0.345 e. The van der Waals surface area contributed by atoms with Gasteiger partial charge in [0.15, 0.2) is 0 Å². The van der Waals surface area contributed by atoms with Gasteiger partial charge in [-0.05, 0) is 52.0 Å². The summed E-state index contributed by atoms with van der Waals surface area (Å²) in [5.74, 6) is 0.194. The second-order valence-corrected chi connectivity index (χ2v) is 8.80. The number of nitro groups is 1. The van der Waals surface area contributed by atoms with Crippen molar-refractivity contribution in [1.82, 2.24) is 9.78 Å². The molecule has 0 bridgehead atoms. The average Bonchev–Trinajstić information content (AvgIpc) is 3.04. The number of esters is 1. The van der Waals surface area contributed by atoms with Crippen molar-refractivity contribution >= 4 is 23.4 Å². The Morgan fingerprint density at radius 3 is 2.52 bits per heavy atom. The molecule has 0 amide bonds. The van der Waals surface area contributed by atoms with Crippen LogP contribution in [0.25, 0.3) is 0 Å². The Hall–Kier alpha value is -3.33. The van der Waals surface area contributed by atoms with Gasteiger partial charge in [0.1, 0.15) is 5.75 Å². The van der Waals surface area contributed by atoms with E-state index in [1.807, 2.05) is 20.8 Å². The highest BCUT2D eigenvalue weighted by atomic mass is 32.2. The molecule has 1 aromatic heterocycles. The van der Waals surface area contributed by atoms with Crippen LogP contribution in [0.5, 0.6) is 11.6 Å². The van der Waals surface area contributed by atoms with Crippen LogP contribution in [0.1, 0.15) is 36.8 Å². The molecule has 1 heterocycles. The van der Waals surface area contributed by atoms with Gasteiger partial charge in [0.2, 0.25) is 5.88 Å². The van der Waals surface area contributed by atoms with Gasteiger partial charge in [-0.1, -0.05) is 30.0 Å². The molecule has 0 N–H and O–H groups in total. The summed E-state index contributed by atoms with van der Waals surface area (Å²) in [6, 6.07) is 13.1. The molecule has 0 radical (unpaired) electrons. The highest BCUT2D eigenvalue weighted by molar-refractivity contribution is 7.99. The minimum atomic E-state index is -0.575. The highest BCUT2D eigenvalue weighted by Crippen LogP contribution is 2.43. The van der Waals surface area contributed by atoms with Crippen molar-refractivity contribution in [2.45, 2.75) is 43.0 Å². The molecule has 0 saturated carbocycles. The third-order valence-electron chi connectivity index (χ3n) is 4.37. The minimum Gasteiger partial charge on any atom is -0.497 e. The van der Waals surface area contributed by atoms with E-state index in [0.717, 1.165) is 11.8 Å². The van der Waals surface area contributed by atoms with E-state index >= 15 is 0 Å². The molecule has 9 heteroatoms. The molecule has 0 aliphatic carbocycles. The number of carbonyl (C=O) groups excluding carboxylic acids is 1. The Kier molecular flexibility index (Phi) is 6.35. The van der Waals surface area contributed by atoms with Gasteiger partial charge >= 0.3 is 5.97 Å². The lowest BCUT2D eigenvalue weighted by molar-refractivity contribution is -0.387. The fourth-order valence-electron chi connectivity index (χ4n) is 2.85. The SMILES string of the molecule is COc1cccc(C(=O)Oc2c(Sc3ccccc3[N+](=O)[O-])c(C)nn2C(C)(C)C)c1. The zero-order valence-corrected chi connectivity index (χ0v) is 18.7. The molecule has 0 saturated heterocycles. The maximum atomic E-state index is 12.9. The summed E-state index contributed by atoms with van der Waals surface area (Å²) in [5, 5.41) is 16.0. The molecule has 8 nitrogen and oxygen atoms in total. The summed E-state index contributed by atoms with van der Waals surface area (Å²) in [6.45, 7) is 7.58. The van der Waals surface area contributed by atoms with E-state index in [1.54, 1.807) is 54.1 Å². The van der Waals surface area contributed by atoms with Crippen molar-refractivity contribution in [2.24, 2.45) is 0 Å². The highest BCUT2D eigenvalue weighted by Gasteiger charge is 2.29. The van der Waals surface area contributed by atoms with E-state index in [4.69, 9.17) is 9.47 Å². The zero-order valence-electron chi connectivity index (χ0n) is 17.9. The molecule has 162 valence electrons. The van der Waals surface area contributed by atoms with Crippen LogP contribution >= 0.6 is 11.8 Å². The summed E-state index contributed by atoms with van der Waals surface area (Å²) in [4.78, 5) is 24.9. The number of aromatic nitrogens is 2.